The van der Waals surface area contributed by atoms with Gasteiger partial charge in [0.2, 0.25) is 5.88 Å². The number of para-hydroxylation sites is 1. The molecule has 5 nitrogen and oxygen atoms in total. The van der Waals surface area contributed by atoms with Crippen molar-refractivity contribution in [2.75, 3.05) is 6.54 Å². The fourth-order valence-electron chi connectivity index (χ4n) is 2.00. The molecular weight excluding hydrogens is 408 g/mol. The van der Waals surface area contributed by atoms with Crippen molar-refractivity contribution in [1.29, 1.82) is 0 Å². The fourth-order valence-corrected chi connectivity index (χ4v) is 2.63. The number of rotatable bonds is 5. The summed E-state index contributed by atoms with van der Waals surface area (Å²) in [5, 5.41) is 3.20. The lowest BCUT2D eigenvalue weighted by Gasteiger charge is -2.20. The van der Waals surface area contributed by atoms with Crippen LogP contribution in [0.3, 0.4) is 0 Å². The van der Waals surface area contributed by atoms with Gasteiger partial charge in [0.05, 0.1) is 11.2 Å². The Labute approximate surface area is 160 Å². The van der Waals surface area contributed by atoms with Crippen LogP contribution in [0.25, 0.3) is 0 Å². The summed E-state index contributed by atoms with van der Waals surface area (Å²) in [6.45, 7) is 5.81. The van der Waals surface area contributed by atoms with Gasteiger partial charge in [-0.25, -0.2) is 9.78 Å². The second-order valence-corrected chi connectivity index (χ2v) is 7.50. The number of hydrogen-bond acceptors (Lipinski definition) is 4. The third-order valence-corrected chi connectivity index (χ3v) is 4.45. The van der Waals surface area contributed by atoms with Gasteiger partial charge in [-0.15, -0.1) is 0 Å². The quantitative estimate of drug-likeness (QED) is 0.698. The van der Waals surface area contributed by atoms with Gasteiger partial charge in [0.25, 0.3) is 0 Å². The molecule has 0 aliphatic carbocycles. The summed E-state index contributed by atoms with van der Waals surface area (Å²) in [7, 11) is 0. The molecule has 0 atom stereocenters. The van der Waals surface area contributed by atoms with E-state index in [1.807, 2.05) is 51.1 Å². The zero-order chi connectivity index (χ0) is 18.4. The van der Waals surface area contributed by atoms with Crippen LogP contribution in [0.2, 0.25) is 5.02 Å². The summed E-state index contributed by atoms with van der Waals surface area (Å²) in [4.78, 5) is 16.0. The SMILES string of the molecule is CC(C)(C)OC(=O)NCCc1c(Oc2ccccc2)ncc(Cl)c1Br. The maximum atomic E-state index is 11.8. The third kappa shape index (κ3) is 6.21. The van der Waals surface area contributed by atoms with Crippen molar-refractivity contribution in [2.24, 2.45) is 0 Å². The van der Waals surface area contributed by atoms with Gasteiger partial charge in [0.15, 0.2) is 0 Å². The van der Waals surface area contributed by atoms with Crippen molar-refractivity contribution in [2.45, 2.75) is 32.8 Å². The van der Waals surface area contributed by atoms with Gasteiger partial charge >= 0.3 is 6.09 Å². The lowest BCUT2D eigenvalue weighted by Crippen LogP contribution is -2.33. The average Bonchev–Trinajstić information content (AvgIpc) is 2.53. The van der Waals surface area contributed by atoms with Gasteiger partial charge in [0, 0.05) is 16.6 Å². The van der Waals surface area contributed by atoms with Crippen LogP contribution < -0.4 is 10.1 Å². The van der Waals surface area contributed by atoms with E-state index in [1.54, 1.807) is 0 Å². The van der Waals surface area contributed by atoms with E-state index in [2.05, 4.69) is 26.2 Å². The molecule has 134 valence electrons. The van der Waals surface area contributed by atoms with E-state index >= 15 is 0 Å². The first-order chi connectivity index (χ1) is 11.8. The van der Waals surface area contributed by atoms with Crippen molar-refractivity contribution in [3.63, 3.8) is 0 Å². The molecule has 0 unspecified atom stereocenters. The number of pyridine rings is 1. The van der Waals surface area contributed by atoms with Crippen molar-refractivity contribution in [3.8, 4) is 11.6 Å². The Morgan fingerprint density at radius 3 is 2.60 bits per heavy atom. The summed E-state index contributed by atoms with van der Waals surface area (Å²) in [6.07, 6.45) is 1.54. The van der Waals surface area contributed by atoms with E-state index in [-0.39, 0.29) is 0 Å². The van der Waals surface area contributed by atoms with Crippen LogP contribution >= 0.6 is 27.5 Å². The lowest BCUT2D eigenvalue weighted by atomic mass is 10.2. The maximum absolute atomic E-state index is 11.8. The van der Waals surface area contributed by atoms with E-state index in [0.29, 0.717) is 34.1 Å². The standard InChI is InChI=1S/C18H20BrClN2O3/c1-18(2,3)25-17(23)21-10-9-13-15(19)14(20)11-22-16(13)24-12-7-5-4-6-8-12/h4-8,11H,9-10H2,1-3H3,(H,21,23). The largest absolute Gasteiger partial charge is 0.444 e. The van der Waals surface area contributed by atoms with E-state index in [0.717, 1.165) is 5.56 Å². The van der Waals surface area contributed by atoms with Crippen molar-refractivity contribution >= 4 is 33.6 Å². The first-order valence-corrected chi connectivity index (χ1v) is 8.96. The van der Waals surface area contributed by atoms with Crippen molar-refractivity contribution < 1.29 is 14.3 Å². The number of aromatic nitrogens is 1. The smallest absolute Gasteiger partial charge is 0.407 e. The first-order valence-electron chi connectivity index (χ1n) is 7.79. The van der Waals surface area contributed by atoms with Gasteiger partial charge in [-0.2, -0.15) is 0 Å². The Morgan fingerprint density at radius 1 is 1.28 bits per heavy atom. The molecule has 0 saturated carbocycles. The highest BCUT2D eigenvalue weighted by Crippen LogP contribution is 2.33. The van der Waals surface area contributed by atoms with E-state index in [4.69, 9.17) is 21.1 Å². The monoisotopic (exact) mass is 426 g/mol. The molecule has 1 N–H and O–H groups in total. The molecule has 7 heteroatoms. The number of nitrogens with zero attached hydrogens (tertiary/aromatic N) is 1. The van der Waals surface area contributed by atoms with Gasteiger partial charge in [-0.3, -0.25) is 0 Å². The number of ether oxygens (including phenoxy) is 2. The van der Waals surface area contributed by atoms with Gasteiger partial charge in [0.1, 0.15) is 11.4 Å². The summed E-state index contributed by atoms with van der Waals surface area (Å²) >= 11 is 9.60. The fraction of sp³-hybridized carbons (Fsp3) is 0.333. The maximum Gasteiger partial charge on any atom is 0.407 e. The Balaban J connectivity index is 2.08. The molecule has 1 aromatic carbocycles. The van der Waals surface area contributed by atoms with Crippen LogP contribution in [0.4, 0.5) is 4.79 Å². The summed E-state index contributed by atoms with van der Waals surface area (Å²) < 4.78 is 11.8. The second kappa shape index (κ2) is 8.54. The molecule has 25 heavy (non-hydrogen) atoms. The number of carbonyl (C=O) groups excluding carboxylic acids is 1. The molecule has 2 aromatic rings. The second-order valence-electron chi connectivity index (χ2n) is 6.30. The Hall–Kier alpha value is -1.79. The van der Waals surface area contributed by atoms with Crippen LogP contribution in [0.15, 0.2) is 41.0 Å². The number of alkyl carbamates (subject to hydrolysis) is 1. The van der Waals surface area contributed by atoms with E-state index in [1.165, 1.54) is 6.20 Å². The number of benzene rings is 1. The molecule has 1 heterocycles. The number of hydrogen-bond donors (Lipinski definition) is 1. The summed E-state index contributed by atoms with van der Waals surface area (Å²) in [5.41, 5.74) is 0.233. The Kier molecular flexibility index (Phi) is 6.67. The van der Waals surface area contributed by atoms with Gasteiger partial charge < -0.3 is 14.8 Å². The molecular formula is C18H20BrClN2O3. The molecule has 0 radical (unpaired) electrons. The topological polar surface area (TPSA) is 60.5 Å². The minimum absolute atomic E-state index is 0.362. The summed E-state index contributed by atoms with van der Waals surface area (Å²) in [6, 6.07) is 9.34. The van der Waals surface area contributed by atoms with Gasteiger partial charge in [-0.1, -0.05) is 29.8 Å². The number of carbonyl (C=O) groups is 1. The normalized spacial score (nSPS) is 11.1. The Morgan fingerprint density at radius 2 is 1.96 bits per heavy atom. The first kappa shape index (κ1) is 19.5. The molecule has 0 aliphatic rings. The van der Waals surface area contributed by atoms with E-state index in [9.17, 15) is 4.79 Å². The van der Waals surface area contributed by atoms with Crippen LogP contribution in [0, 0.1) is 0 Å². The highest BCUT2D eigenvalue weighted by Gasteiger charge is 2.17. The number of amides is 1. The predicted molar refractivity (Wildman–Crippen MR) is 101 cm³/mol. The zero-order valence-electron chi connectivity index (χ0n) is 14.3. The lowest BCUT2D eigenvalue weighted by molar-refractivity contribution is 0.0528. The number of nitrogens with one attached hydrogen (secondary N) is 1. The van der Waals surface area contributed by atoms with Crippen molar-refractivity contribution in [3.05, 3.63) is 51.6 Å². The molecule has 1 amide bonds. The van der Waals surface area contributed by atoms with E-state index < -0.39 is 11.7 Å². The average molecular weight is 428 g/mol. The zero-order valence-corrected chi connectivity index (χ0v) is 16.6. The van der Waals surface area contributed by atoms with Crippen LogP contribution in [0.5, 0.6) is 11.6 Å². The summed E-state index contributed by atoms with van der Waals surface area (Å²) in [5.74, 6) is 1.11. The molecule has 0 bridgehead atoms. The highest BCUT2D eigenvalue weighted by atomic mass is 79.9. The molecule has 0 spiro atoms. The Bertz CT molecular complexity index is 733. The molecule has 2 rings (SSSR count). The van der Waals surface area contributed by atoms with Crippen LogP contribution in [0.1, 0.15) is 26.3 Å². The molecule has 1 aromatic heterocycles. The van der Waals surface area contributed by atoms with Crippen molar-refractivity contribution in [1.82, 2.24) is 10.3 Å². The minimum atomic E-state index is -0.538. The van der Waals surface area contributed by atoms with Crippen LogP contribution in [-0.2, 0) is 11.2 Å². The molecule has 0 aliphatic heterocycles. The highest BCUT2D eigenvalue weighted by molar-refractivity contribution is 9.10. The number of halogens is 2. The molecule has 0 saturated heterocycles. The molecule has 0 fully saturated rings. The van der Waals surface area contributed by atoms with Crippen LogP contribution in [-0.4, -0.2) is 23.2 Å². The predicted octanol–water partition coefficient (Wildman–Crippen LogP) is 5.36. The minimum Gasteiger partial charge on any atom is -0.444 e. The third-order valence-electron chi connectivity index (χ3n) is 3.03. The van der Waals surface area contributed by atoms with Gasteiger partial charge in [-0.05, 0) is 55.3 Å².